The number of halogens is 4. The predicted octanol–water partition coefficient (Wildman–Crippen LogP) is 3.91. The first kappa shape index (κ1) is 15.6. The van der Waals surface area contributed by atoms with Crippen LogP contribution in [0.5, 0.6) is 0 Å². The zero-order valence-corrected chi connectivity index (χ0v) is 11.6. The van der Waals surface area contributed by atoms with Crippen LogP contribution in [0.3, 0.4) is 0 Å². The Hall–Kier alpha value is -0.780. The average molecular weight is 308 g/mol. The Bertz CT molecular complexity index is 472. The Morgan fingerprint density at radius 2 is 1.80 bits per heavy atom. The van der Waals surface area contributed by atoms with E-state index in [1.54, 1.807) is 0 Å². The molecule has 0 radical (unpaired) electrons. The highest BCUT2D eigenvalue weighted by Gasteiger charge is 2.33. The van der Waals surface area contributed by atoms with Gasteiger partial charge in [-0.15, -0.1) is 0 Å². The van der Waals surface area contributed by atoms with Crippen molar-refractivity contribution < 1.29 is 18.3 Å². The number of hydrogen-bond donors (Lipinski definition) is 2. The SMILES string of the molecule is N[C@@H](c1cc(Cl)cc(C(F)(F)F)c1)[C@H](O)C1CCCC1. The third-order valence-electron chi connectivity index (χ3n) is 3.88. The molecule has 6 heteroatoms. The van der Waals surface area contributed by atoms with Crippen LogP contribution < -0.4 is 5.73 Å². The summed E-state index contributed by atoms with van der Waals surface area (Å²) >= 11 is 5.73. The summed E-state index contributed by atoms with van der Waals surface area (Å²) in [5, 5.41) is 10.2. The first-order valence-electron chi connectivity index (χ1n) is 6.60. The molecule has 0 unspecified atom stereocenters. The Morgan fingerprint density at radius 1 is 1.20 bits per heavy atom. The van der Waals surface area contributed by atoms with E-state index in [9.17, 15) is 18.3 Å². The third kappa shape index (κ3) is 3.45. The van der Waals surface area contributed by atoms with Crippen LogP contribution in [0.4, 0.5) is 13.2 Å². The number of rotatable bonds is 3. The van der Waals surface area contributed by atoms with E-state index in [0.29, 0.717) is 0 Å². The maximum Gasteiger partial charge on any atom is 0.416 e. The van der Waals surface area contributed by atoms with Gasteiger partial charge in [0.1, 0.15) is 0 Å². The number of benzene rings is 1. The highest BCUT2D eigenvalue weighted by atomic mass is 35.5. The molecule has 112 valence electrons. The monoisotopic (exact) mass is 307 g/mol. The summed E-state index contributed by atoms with van der Waals surface area (Å²) in [6.45, 7) is 0. The summed E-state index contributed by atoms with van der Waals surface area (Å²) in [6, 6.07) is 2.37. The van der Waals surface area contributed by atoms with Gasteiger partial charge in [0.05, 0.1) is 17.7 Å². The third-order valence-corrected chi connectivity index (χ3v) is 4.10. The van der Waals surface area contributed by atoms with Crippen LogP contribution >= 0.6 is 11.6 Å². The molecule has 3 N–H and O–H groups in total. The molecule has 0 bridgehead atoms. The van der Waals surface area contributed by atoms with E-state index in [0.717, 1.165) is 37.8 Å². The topological polar surface area (TPSA) is 46.2 Å². The molecule has 1 aliphatic rings. The Labute approximate surface area is 120 Å². The summed E-state index contributed by atoms with van der Waals surface area (Å²) in [6.07, 6.45) is -1.53. The maximum absolute atomic E-state index is 12.8. The molecule has 0 aromatic heterocycles. The molecule has 20 heavy (non-hydrogen) atoms. The highest BCUT2D eigenvalue weighted by molar-refractivity contribution is 6.30. The Balaban J connectivity index is 2.24. The van der Waals surface area contributed by atoms with Gasteiger partial charge >= 0.3 is 6.18 Å². The lowest BCUT2D eigenvalue weighted by atomic mass is 9.90. The largest absolute Gasteiger partial charge is 0.416 e. The van der Waals surface area contributed by atoms with E-state index in [2.05, 4.69) is 0 Å². The van der Waals surface area contributed by atoms with Gasteiger partial charge in [0.25, 0.3) is 0 Å². The van der Waals surface area contributed by atoms with Gasteiger partial charge in [0, 0.05) is 5.02 Å². The lowest BCUT2D eigenvalue weighted by Gasteiger charge is -2.25. The van der Waals surface area contributed by atoms with Gasteiger partial charge in [-0.25, -0.2) is 0 Å². The molecule has 1 aromatic rings. The molecule has 2 nitrogen and oxygen atoms in total. The van der Waals surface area contributed by atoms with Crippen LogP contribution in [0.2, 0.25) is 5.02 Å². The summed E-state index contributed by atoms with van der Waals surface area (Å²) < 4.78 is 38.3. The number of nitrogens with two attached hydrogens (primary N) is 1. The highest BCUT2D eigenvalue weighted by Crippen LogP contribution is 2.36. The van der Waals surface area contributed by atoms with Crippen molar-refractivity contribution in [1.29, 1.82) is 0 Å². The van der Waals surface area contributed by atoms with Crippen molar-refractivity contribution in [1.82, 2.24) is 0 Å². The Morgan fingerprint density at radius 3 is 2.35 bits per heavy atom. The van der Waals surface area contributed by atoms with Crippen molar-refractivity contribution in [3.63, 3.8) is 0 Å². The summed E-state index contributed by atoms with van der Waals surface area (Å²) in [4.78, 5) is 0. The minimum atomic E-state index is -4.47. The molecule has 0 aliphatic heterocycles. The second-order valence-electron chi connectivity index (χ2n) is 5.33. The number of hydrogen-bond acceptors (Lipinski definition) is 2. The fourth-order valence-electron chi connectivity index (χ4n) is 2.76. The van der Waals surface area contributed by atoms with Crippen molar-refractivity contribution in [2.75, 3.05) is 0 Å². The Kier molecular flexibility index (Phi) is 4.62. The predicted molar refractivity (Wildman–Crippen MR) is 71.3 cm³/mol. The van der Waals surface area contributed by atoms with Gasteiger partial charge in [-0.05, 0) is 42.5 Å². The quantitative estimate of drug-likeness (QED) is 0.889. The number of aliphatic hydroxyl groups excluding tert-OH is 1. The minimum Gasteiger partial charge on any atom is -0.391 e. The first-order valence-corrected chi connectivity index (χ1v) is 6.98. The molecule has 2 rings (SSSR count). The molecule has 0 saturated heterocycles. The molecular weight excluding hydrogens is 291 g/mol. The minimum absolute atomic E-state index is 0.0242. The molecule has 0 heterocycles. The van der Waals surface area contributed by atoms with E-state index < -0.39 is 23.9 Å². The molecule has 0 spiro atoms. The molecule has 1 aromatic carbocycles. The van der Waals surface area contributed by atoms with Crippen LogP contribution in [0, 0.1) is 5.92 Å². The van der Waals surface area contributed by atoms with Gasteiger partial charge in [0.15, 0.2) is 0 Å². The first-order chi connectivity index (χ1) is 9.29. The number of aliphatic hydroxyl groups is 1. The van der Waals surface area contributed by atoms with Gasteiger partial charge < -0.3 is 10.8 Å². The van der Waals surface area contributed by atoms with Gasteiger partial charge in [-0.2, -0.15) is 13.2 Å². The average Bonchev–Trinajstić information content (AvgIpc) is 2.89. The lowest BCUT2D eigenvalue weighted by Crippen LogP contribution is -2.32. The van der Waals surface area contributed by atoms with Gasteiger partial charge in [0.2, 0.25) is 0 Å². The normalized spacial score (nSPS) is 20.1. The van der Waals surface area contributed by atoms with Crippen molar-refractivity contribution in [2.24, 2.45) is 11.7 Å². The van der Waals surface area contributed by atoms with E-state index in [4.69, 9.17) is 17.3 Å². The zero-order valence-electron chi connectivity index (χ0n) is 10.8. The van der Waals surface area contributed by atoms with E-state index in [1.165, 1.54) is 6.07 Å². The standard InChI is InChI=1S/C14H17ClF3NO/c15-11-6-9(5-10(7-11)14(16,17)18)12(19)13(20)8-3-1-2-4-8/h5-8,12-13,20H,1-4,19H2/t12-,13+/m0/s1. The van der Waals surface area contributed by atoms with Crippen LogP contribution in [0.25, 0.3) is 0 Å². The van der Waals surface area contributed by atoms with Gasteiger partial charge in [-0.1, -0.05) is 24.4 Å². The molecule has 0 amide bonds. The summed E-state index contributed by atoms with van der Waals surface area (Å²) in [7, 11) is 0. The molecule has 1 aliphatic carbocycles. The van der Waals surface area contributed by atoms with Crippen LogP contribution in [0.1, 0.15) is 42.9 Å². The van der Waals surface area contributed by atoms with E-state index in [1.807, 2.05) is 0 Å². The zero-order chi connectivity index (χ0) is 14.9. The fourth-order valence-corrected chi connectivity index (χ4v) is 3.00. The van der Waals surface area contributed by atoms with Crippen molar-refractivity contribution >= 4 is 11.6 Å². The fraction of sp³-hybridized carbons (Fsp3) is 0.571. The molecule has 2 atom stereocenters. The molecule has 1 fully saturated rings. The molecular formula is C14H17ClF3NO. The smallest absolute Gasteiger partial charge is 0.391 e. The second kappa shape index (κ2) is 5.92. The summed E-state index contributed by atoms with van der Waals surface area (Å²) in [5.74, 6) is 0.0540. The summed E-state index contributed by atoms with van der Waals surface area (Å²) in [5.41, 5.74) is 5.31. The van der Waals surface area contributed by atoms with Crippen molar-refractivity contribution in [3.8, 4) is 0 Å². The second-order valence-corrected chi connectivity index (χ2v) is 5.77. The number of alkyl halides is 3. The van der Waals surface area contributed by atoms with Crippen LogP contribution in [-0.4, -0.2) is 11.2 Å². The lowest BCUT2D eigenvalue weighted by molar-refractivity contribution is -0.137. The molecule has 1 saturated carbocycles. The van der Waals surface area contributed by atoms with Crippen molar-refractivity contribution in [3.05, 3.63) is 34.3 Å². The van der Waals surface area contributed by atoms with Crippen LogP contribution in [0.15, 0.2) is 18.2 Å². The van der Waals surface area contributed by atoms with Gasteiger partial charge in [-0.3, -0.25) is 0 Å². The van der Waals surface area contributed by atoms with E-state index in [-0.39, 0.29) is 16.5 Å². The maximum atomic E-state index is 12.8. The van der Waals surface area contributed by atoms with Crippen molar-refractivity contribution in [2.45, 2.75) is 44.0 Å². The van der Waals surface area contributed by atoms with E-state index >= 15 is 0 Å². The van der Waals surface area contributed by atoms with Crippen LogP contribution in [-0.2, 0) is 6.18 Å².